The van der Waals surface area contributed by atoms with Gasteiger partial charge in [-0.25, -0.2) is 4.39 Å². The Balaban J connectivity index is 2.05. The quantitative estimate of drug-likeness (QED) is 0.781. The second kappa shape index (κ2) is 4.62. The van der Waals surface area contributed by atoms with E-state index in [2.05, 4.69) is 5.32 Å². The van der Waals surface area contributed by atoms with Crippen molar-refractivity contribution in [1.82, 2.24) is 5.32 Å². The monoisotopic (exact) mass is 209 g/mol. The van der Waals surface area contributed by atoms with E-state index in [-0.39, 0.29) is 11.6 Å². The van der Waals surface area contributed by atoms with Crippen LogP contribution in [0.4, 0.5) is 4.39 Å². The van der Waals surface area contributed by atoms with Crippen LogP contribution >= 0.6 is 0 Å². The summed E-state index contributed by atoms with van der Waals surface area (Å²) >= 11 is 0. The van der Waals surface area contributed by atoms with Gasteiger partial charge in [0.2, 0.25) is 0 Å². The van der Waals surface area contributed by atoms with E-state index in [0.717, 1.165) is 25.9 Å². The van der Waals surface area contributed by atoms with Gasteiger partial charge in [-0.15, -0.1) is 0 Å². The number of phenolic OH excluding ortho intramolecular Hbond substituents is 1. The van der Waals surface area contributed by atoms with Crippen molar-refractivity contribution in [3.8, 4) is 5.75 Å². The number of benzene rings is 1. The smallest absolute Gasteiger partial charge is 0.126 e. The van der Waals surface area contributed by atoms with E-state index >= 15 is 0 Å². The molecule has 2 N–H and O–H groups in total. The van der Waals surface area contributed by atoms with Gasteiger partial charge < -0.3 is 10.4 Å². The predicted octanol–water partition coefficient (Wildman–Crippen LogP) is 2.07. The molecule has 1 fully saturated rings. The molecule has 15 heavy (non-hydrogen) atoms. The third kappa shape index (κ3) is 2.69. The fourth-order valence-electron chi connectivity index (χ4n) is 2.13. The molecule has 0 saturated carbocycles. The van der Waals surface area contributed by atoms with Crippen molar-refractivity contribution < 1.29 is 9.50 Å². The van der Waals surface area contributed by atoms with Crippen LogP contribution in [0.15, 0.2) is 18.2 Å². The number of hydrogen-bond donors (Lipinski definition) is 2. The number of halogens is 1. The number of aromatic hydroxyl groups is 1. The Kier molecular flexibility index (Phi) is 3.21. The van der Waals surface area contributed by atoms with Gasteiger partial charge in [0.1, 0.15) is 11.6 Å². The Bertz CT molecular complexity index is 334. The Hall–Kier alpha value is -1.09. The van der Waals surface area contributed by atoms with Gasteiger partial charge in [-0.1, -0.05) is 0 Å². The zero-order chi connectivity index (χ0) is 10.7. The zero-order valence-corrected chi connectivity index (χ0v) is 8.67. The van der Waals surface area contributed by atoms with Gasteiger partial charge in [0.25, 0.3) is 0 Å². The van der Waals surface area contributed by atoms with Crippen molar-refractivity contribution in [2.45, 2.75) is 19.3 Å². The normalized spacial score (nSPS) is 21.5. The summed E-state index contributed by atoms with van der Waals surface area (Å²) in [6.45, 7) is 2.02. The van der Waals surface area contributed by atoms with Crippen molar-refractivity contribution in [2.24, 2.45) is 5.92 Å². The molecule has 1 heterocycles. The van der Waals surface area contributed by atoms with Crippen molar-refractivity contribution >= 4 is 0 Å². The van der Waals surface area contributed by atoms with Crippen LogP contribution in [0.1, 0.15) is 18.4 Å². The average Bonchev–Trinajstić information content (AvgIpc) is 2.25. The first-order valence-corrected chi connectivity index (χ1v) is 5.44. The van der Waals surface area contributed by atoms with Crippen LogP contribution in [0.5, 0.6) is 5.75 Å². The molecule has 1 atom stereocenters. The molecule has 1 aromatic rings. The summed E-state index contributed by atoms with van der Waals surface area (Å²) in [6.07, 6.45) is 3.01. The molecule has 0 radical (unpaired) electrons. The van der Waals surface area contributed by atoms with Crippen LogP contribution in [0, 0.1) is 11.7 Å². The maximum atomic E-state index is 13.4. The van der Waals surface area contributed by atoms with E-state index in [9.17, 15) is 9.50 Å². The van der Waals surface area contributed by atoms with Crippen LogP contribution in [-0.2, 0) is 6.42 Å². The summed E-state index contributed by atoms with van der Waals surface area (Å²) in [7, 11) is 0. The molecule has 82 valence electrons. The number of phenols is 1. The maximum absolute atomic E-state index is 13.4. The maximum Gasteiger partial charge on any atom is 0.126 e. The van der Waals surface area contributed by atoms with E-state index in [4.69, 9.17) is 0 Å². The van der Waals surface area contributed by atoms with Gasteiger partial charge in [0, 0.05) is 0 Å². The van der Waals surface area contributed by atoms with Crippen molar-refractivity contribution in [3.63, 3.8) is 0 Å². The highest BCUT2D eigenvalue weighted by atomic mass is 19.1. The summed E-state index contributed by atoms with van der Waals surface area (Å²) in [6, 6.07) is 4.25. The number of hydrogen-bond acceptors (Lipinski definition) is 2. The van der Waals surface area contributed by atoms with Gasteiger partial charge in [0.05, 0.1) is 0 Å². The summed E-state index contributed by atoms with van der Waals surface area (Å²) < 4.78 is 13.4. The van der Waals surface area contributed by atoms with Crippen LogP contribution in [0.2, 0.25) is 0 Å². The lowest BCUT2D eigenvalue weighted by molar-refractivity contribution is 0.371. The van der Waals surface area contributed by atoms with Gasteiger partial charge in [-0.05, 0) is 62.0 Å². The summed E-state index contributed by atoms with van der Waals surface area (Å²) in [4.78, 5) is 0. The van der Waals surface area contributed by atoms with Crippen LogP contribution in [-0.4, -0.2) is 18.2 Å². The lowest BCUT2D eigenvalue weighted by Gasteiger charge is -2.22. The first kappa shape index (κ1) is 10.4. The highest BCUT2D eigenvalue weighted by Gasteiger charge is 2.15. The topological polar surface area (TPSA) is 32.3 Å². The van der Waals surface area contributed by atoms with Gasteiger partial charge in [-0.2, -0.15) is 0 Å². The number of nitrogens with one attached hydrogen (secondary N) is 1. The molecule has 2 rings (SSSR count). The Morgan fingerprint density at radius 3 is 3.07 bits per heavy atom. The summed E-state index contributed by atoms with van der Waals surface area (Å²) in [5.41, 5.74) is 0.628. The highest BCUT2D eigenvalue weighted by molar-refractivity contribution is 5.29. The molecule has 2 nitrogen and oxygen atoms in total. The molecular formula is C12H16FNO. The lowest BCUT2D eigenvalue weighted by Crippen LogP contribution is -2.31. The average molecular weight is 209 g/mol. The van der Waals surface area contributed by atoms with Gasteiger partial charge in [-0.3, -0.25) is 0 Å². The molecule has 0 aromatic heterocycles. The molecule has 1 aromatic carbocycles. The Morgan fingerprint density at radius 1 is 1.47 bits per heavy atom. The molecule has 0 bridgehead atoms. The molecule has 1 unspecified atom stereocenters. The molecule has 0 aliphatic carbocycles. The minimum Gasteiger partial charge on any atom is -0.508 e. The summed E-state index contributed by atoms with van der Waals surface area (Å²) in [5, 5.41) is 12.6. The highest BCUT2D eigenvalue weighted by Crippen LogP contribution is 2.21. The first-order chi connectivity index (χ1) is 7.25. The van der Waals surface area contributed by atoms with Gasteiger partial charge in [0.15, 0.2) is 0 Å². The van der Waals surface area contributed by atoms with Crippen molar-refractivity contribution in [2.75, 3.05) is 13.1 Å². The number of piperidine rings is 1. The Morgan fingerprint density at radius 2 is 2.33 bits per heavy atom. The van der Waals surface area contributed by atoms with Crippen LogP contribution in [0.25, 0.3) is 0 Å². The molecule has 1 saturated heterocycles. The zero-order valence-electron chi connectivity index (χ0n) is 8.67. The van der Waals surface area contributed by atoms with Crippen LogP contribution in [0.3, 0.4) is 0 Å². The SMILES string of the molecule is Oc1ccc(F)c(CC2CCCNC2)c1. The molecule has 1 aliphatic heterocycles. The second-order valence-electron chi connectivity index (χ2n) is 4.19. The standard InChI is InChI=1S/C12H16FNO/c13-12-4-3-11(15)7-10(12)6-9-2-1-5-14-8-9/h3-4,7,9,14-15H,1-2,5-6,8H2. The second-order valence-corrected chi connectivity index (χ2v) is 4.19. The van der Waals surface area contributed by atoms with E-state index < -0.39 is 0 Å². The molecule has 0 spiro atoms. The fourth-order valence-corrected chi connectivity index (χ4v) is 2.13. The van der Waals surface area contributed by atoms with E-state index in [0.29, 0.717) is 17.9 Å². The minimum atomic E-state index is -0.210. The molecule has 0 amide bonds. The van der Waals surface area contributed by atoms with Crippen molar-refractivity contribution in [1.29, 1.82) is 0 Å². The van der Waals surface area contributed by atoms with E-state index in [1.807, 2.05) is 0 Å². The first-order valence-electron chi connectivity index (χ1n) is 5.44. The van der Waals surface area contributed by atoms with E-state index in [1.165, 1.54) is 18.2 Å². The van der Waals surface area contributed by atoms with Crippen LogP contribution < -0.4 is 5.32 Å². The predicted molar refractivity (Wildman–Crippen MR) is 57.4 cm³/mol. The largest absolute Gasteiger partial charge is 0.508 e. The van der Waals surface area contributed by atoms with Crippen molar-refractivity contribution in [3.05, 3.63) is 29.6 Å². The Labute approximate surface area is 89.1 Å². The molecule has 3 heteroatoms. The van der Waals surface area contributed by atoms with E-state index in [1.54, 1.807) is 0 Å². The third-order valence-electron chi connectivity index (χ3n) is 2.94. The third-order valence-corrected chi connectivity index (χ3v) is 2.94. The number of rotatable bonds is 2. The minimum absolute atomic E-state index is 0.148. The molecular weight excluding hydrogens is 193 g/mol. The summed E-state index contributed by atoms with van der Waals surface area (Å²) in [5.74, 6) is 0.434. The van der Waals surface area contributed by atoms with Gasteiger partial charge >= 0.3 is 0 Å². The molecule has 1 aliphatic rings. The fraction of sp³-hybridized carbons (Fsp3) is 0.500. The lowest BCUT2D eigenvalue weighted by atomic mass is 9.92.